The number of aliphatic hydroxyl groups is 1. The fourth-order valence-electron chi connectivity index (χ4n) is 1.15. The van der Waals surface area contributed by atoms with Crippen LogP contribution < -0.4 is 0 Å². The zero-order chi connectivity index (χ0) is 10.3. The molecule has 0 radical (unpaired) electrons. The van der Waals surface area contributed by atoms with Gasteiger partial charge in [-0.1, -0.05) is 27.2 Å². The Morgan fingerprint density at radius 2 is 1.92 bits per heavy atom. The summed E-state index contributed by atoms with van der Waals surface area (Å²) in [4.78, 5) is 0. The Morgan fingerprint density at radius 1 is 1.31 bits per heavy atom. The second-order valence-corrected chi connectivity index (χ2v) is 6.20. The average molecular weight is 222 g/mol. The van der Waals surface area contributed by atoms with Crippen molar-refractivity contribution in [2.24, 2.45) is 0 Å². The van der Waals surface area contributed by atoms with E-state index in [-0.39, 0.29) is 6.10 Å². The molecule has 0 aromatic carbocycles. The molecule has 0 fully saturated rings. The van der Waals surface area contributed by atoms with Gasteiger partial charge < -0.3 is 5.11 Å². The third kappa shape index (κ3) is 6.69. The maximum Gasteiger partial charge on any atom is 0.0748 e. The highest BCUT2D eigenvalue weighted by atomic mass is 32.2. The Bertz CT molecular complexity index is 117. The van der Waals surface area contributed by atoms with Crippen molar-refractivity contribution in [1.82, 2.24) is 0 Å². The molecule has 0 saturated heterocycles. The number of hydrogen-bond donors (Lipinski definition) is 1. The maximum absolute atomic E-state index is 9.85. The average Bonchev–Trinajstić information content (AvgIpc) is 2.10. The molecule has 0 aliphatic heterocycles. The van der Waals surface area contributed by atoms with Crippen LogP contribution >= 0.6 is 23.5 Å². The van der Waals surface area contributed by atoms with Crippen LogP contribution in [0.2, 0.25) is 0 Å². The predicted molar refractivity (Wildman–Crippen MR) is 65.8 cm³/mol. The van der Waals surface area contributed by atoms with E-state index in [2.05, 4.69) is 27.0 Å². The summed E-state index contributed by atoms with van der Waals surface area (Å²) in [6, 6.07) is 0. The molecule has 80 valence electrons. The Balaban J connectivity index is 3.69. The number of hydrogen-bond acceptors (Lipinski definition) is 3. The Labute approximate surface area is 91.1 Å². The van der Waals surface area contributed by atoms with Gasteiger partial charge in [0.2, 0.25) is 0 Å². The van der Waals surface area contributed by atoms with Crippen LogP contribution in [0.1, 0.15) is 33.6 Å². The van der Waals surface area contributed by atoms with Crippen LogP contribution in [0.15, 0.2) is 0 Å². The molecule has 0 spiro atoms. The SMILES string of the molecule is CCC[C@H](SC)[C@@H](O)CSC(C)C. The van der Waals surface area contributed by atoms with E-state index < -0.39 is 0 Å². The molecule has 0 saturated carbocycles. The van der Waals surface area contributed by atoms with Crippen LogP contribution in [0, 0.1) is 0 Å². The van der Waals surface area contributed by atoms with Gasteiger partial charge in [-0.25, -0.2) is 0 Å². The summed E-state index contributed by atoms with van der Waals surface area (Å²) < 4.78 is 0. The molecular weight excluding hydrogens is 200 g/mol. The highest BCUT2D eigenvalue weighted by Gasteiger charge is 2.17. The number of rotatable bonds is 7. The van der Waals surface area contributed by atoms with Crippen molar-refractivity contribution in [3.63, 3.8) is 0 Å². The second kappa shape index (κ2) is 8.01. The summed E-state index contributed by atoms with van der Waals surface area (Å²) in [6.45, 7) is 6.52. The van der Waals surface area contributed by atoms with Gasteiger partial charge in [0, 0.05) is 11.0 Å². The van der Waals surface area contributed by atoms with E-state index in [0.717, 1.165) is 18.6 Å². The fraction of sp³-hybridized carbons (Fsp3) is 1.00. The van der Waals surface area contributed by atoms with Gasteiger partial charge in [-0.15, -0.1) is 0 Å². The van der Waals surface area contributed by atoms with Crippen molar-refractivity contribution in [1.29, 1.82) is 0 Å². The molecule has 13 heavy (non-hydrogen) atoms. The van der Waals surface area contributed by atoms with Crippen molar-refractivity contribution in [3.05, 3.63) is 0 Å². The Morgan fingerprint density at radius 3 is 2.31 bits per heavy atom. The molecule has 3 heteroatoms. The maximum atomic E-state index is 9.85. The van der Waals surface area contributed by atoms with Gasteiger partial charge in [0.25, 0.3) is 0 Å². The molecule has 1 N–H and O–H groups in total. The standard InChI is InChI=1S/C10H22OS2/c1-5-6-10(12-4)9(11)7-13-8(2)3/h8-11H,5-7H2,1-4H3/t9-,10-/m0/s1. The molecule has 0 aromatic rings. The molecular formula is C10H22OS2. The lowest BCUT2D eigenvalue weighted by atomic mass is 10.2. The minimum Gasteiger partial charge on any atom is -0.391 e. The predicted octanol–water partition coefficient (Wildman–Crippen LogP) is 3.02. The van der Waals surface area contributed by atoms with Crippen molar-refractivity contribution in [2.45, 2.75) is 50.2 Å². The number of aliphatic hydroxyl groups excluding tert-OH is 1. The summed E-state index contributed by atoms with van der Waals surface area (Å²) in [7, 11) is 0. The topological polar surface area (TPSA) is 20.2 Å². The second-order valence-electron chi connectivity index (χ2n) is 3.51. The van der Waals surface area contributed by atoms with Crippen LogP contribution in [-0.4, -0.2) is 33.7 Å². The van der Waals surface area contributed by atoms with Gasteiger partial charge in [-0.3, -0.25) is 0 Å². The van der Waals surface area contributed by atoms with Crippen LogP contribution in [-0.2, 0) is 0 Å². The van der Waals surface area contributed by atoms with E-state index in [9.17, 15) is 5.11 Å². The Kier molecular flexibility index (Phi) is 8.42. The summed E-state index contributed by atoms with van der Waals surface area (Å²) >= 11 is 3.64. The number of thioether (sulfide) groups is 2. The molecule has 0 unspecified atom stereocenters. The third-order valence-electron chi connectivity index (χ3n) is 1.91. The first-order valence-corrected chi connectivity index (χ1v) is 7.27. The van der Waals surface area contributed by atoms with Gasteiger partial charge in [-0.05, 0) is 17.9 Å². The molecule has 1 nitrogen and oxygen atoms in total. The molecule has 0 aliphatic rings. The molecule has 0 aliphatic carbocycles. The van der Waals surface area contributed by atoms with E-state index in [0.29, 0.717) is 10.5 Å². The zero-order valence-electron chi connectivity index (χ0n) is 9.12. The first-order chi connectivity index (χ1) is 6.11. The first kappa shape index (κ1) is 13.7. The quantitative estimate of drug-likeness (QED) is 0.715. The minimum atomic E-state index is -0.137. The normalized spacial score (nSPS) is 16.2. The molecule has 0 rings (SSSR count). The van der Waals surface area contributed by atoms with Gasteiger partial charge in [0.05, 0.1) is 6.10 Å². The summed E-state index contributed by atoms with van der Waals surface area (Å²) in [6.07, 6.45) is 4.24. The molecule has 0 bridgehead atoms. The molecule has 0 amide bonds. The van der Waals surface area contributed by atoms with Gasteiger partial charge in [0.15, 0.2) is 0 Å². The molecule has 0 aromatic heterocycles. The van der Waals surface area contributed by atoms with E-state index in [1.54, 1.807) is 11.8 Å². The monoisotopic (exact) mass is 222 g/mol. The van der Waals surface area contributed by atoms with E-state index >= 15 is 0 Å². The van der Waals surface area contributed by atoms with Gasteiger partial charge >= 0.3 is 0 Å². The fourth-order valence-corrected chi connectivity index (χ4v) is 2.97. The van der Waals surface area contributed by atoms with Crippen molar-refractivity contribution in [2.75, 3.05) is 12.0 Å². The smallest absolute Gasteiger partial charge is 0.0748 e. The molecule has 2 atom stereocenters. The zero-order valence-corrected chi connectivity index (χ0v) is 10.8. The van der Waals surface area contributed by atoms with Crippen LogP contribution in [0.5, 0.6) is 0 Å². The largest absolute Gasteiger partial charge is 0.391 e. The van der Waals surface area contributed by atoms with E-state index in [1.165, 1.54) is 0 Å². The van der Waals surface area contributed by atoms with Crippen molar-refractivity contribution < 1.29 is 5.11 Å². The highest BCUT2D eigenvalue weighted by molar-refractivity contribution is 8.00. The van der Waals surface area contributed by atoms with Crippen LogP contribution in [0.3, 0.4) is 0 Å². The highest BCUT2D eigenvalue weighted by Crippen LogP contribution is 2.21. The Hall–Kier alpha value is 0.660. The summed E-state index contributed by atoms with van der Waals surface area (Å²) in [5.74, 6) is 0.878. The summed E-state index contributed by atoms with van der Waals surface area (Å²) in [5.41, 5.74) is 0. The lowest BCUT2D eigenvalue weighted by Crippen LogP contribution is -2.25. The third-order valence-corrected chi connectivity index (χ3v) is 4.26. The van der Waals surface area contributed by atoms with Gasteiger partial charge in [-0.2, -0.15) is 23.5 Å². The minimum absolute atomic E-state index is 0.137. The first-order valence-electron chi connectivity index (χ1n) is 4.94. The summed E-state index contributed by atoms with van der Waals surface area (Å²) in [5, 5.41) is 10.9. The van der Waals surface area contributed by atoms with Crippen LogP contribution in [0.4, 0.5) is 0 Å². The van der Waals surface area contributed by atoms with E-state index in [4.69, 9.17) is 0 Å². The lowest BCUT2D eigenvalue weighted by molar-refractivity contribution is 0.192. The molecule has 0 heterocycles. The van der Waals surface area contributed by atoms with E-state index in [1.807, 2.05) is 11.8 Å². The van der Waals surface area contributed by atoms with Crippen LogP contribution in [0.25, 0.3) is 0 Å². The lowest BCUT2D eigenvalue weighted by Gasteiger charge is -2.20. The van der Waals surface area contributed by atoms with Crippen molar-refractivity contribution >= 4 is 23.5 Å². The van der Waals surface area contributed by atoms with Crippen molar-refractivity contribution in [3.8, 4) is 0 Å². The van der Waals surface area contributed by atoms with Gasteiger partial charge in [0.1, 0.15) is 0 Å².